The first kappa shape index (κ1) is 15.4. The molecular weight excluding hydrogens is 218 g/mol. The summed E-state index contributed by atoms with van der Waals surface area (Å²) in [4.78, 5) is 26.5. The van der Waals surface area contributed by atoms with E-state index in [4.69, 9.17) is 20.4 Å². The van der Waals surface area contributed by atoms with E-state index in [1.807, 2.05) is 0 Å². The molecule has 0 saturated carbocycles. The number of aliphatic hydroxyl groups excluding tert-OH is 1. The third-order valence-corrected chi connectivity index (χ3v) is 1.50. The van der Waals surface area contributed by atoms with Crippen LogP contribution in [0.3, 0.4) is 0 Å². The Morgan fingerprint density at radius 3 is 1.40 bits per heavy atom. The summed E-state index contributed by atoms with van der Waals surface area (Å²) in [5.74, 6) is 0. The van der Waals surface area contributed by atoms with Gasteiger partial charge in [-0.2, -0.15) is 0 Å². The Hall–Kier alpha value is -2.04. The topological polar surface area (TPSA) is 170 Å². The Labute approximate surface area is 82.3 Å². The summed E-state index contributed by atoms with van der Waals surface area (Å²) in [6.45, 7) is 0.200. The van der Waals surface area contributed by atoms with Crippen LogP contribution in [0.5, 0.6) is 0 Å². The van der Waals surface area contributed by atoms with E-state index in [0.29, 0.717) is 0 Å². The van der Waals surface area contributed by atoms with E-state index < -0.39 is 27.2 Å². The molecule has 88 valence electrons. The van der Waals surface area contributed by atoms with Gasteiger partial charge in [-0.25, -0.2) is 0 Å². The zero-order chi connectivity index (χ0) is 12.6. The summed E-state index contributed by atoms with van der Waals surface area (Å²) >= 11 is 0. The van der Waals surface area contributed by atoms with Crippen LogP contribution in [0.15, 0.2) is 0 Å². The maximum absolute atomic E-state index is 10.1. The first-order valence-electron chi connectivity index (χ1n) is 3.47. The Morgan fingerprint density at radius 2 is 1.40 bits per heavy atom. The molecule has 0 aliphatic rings. The monoisotopic (exact) mass is 227 g/mol. The average Bonchev–Trinajstić information content (AvgIpc) is 2.04. The Bertz CT molecular complexity index is 228. The van der Waals surface area contributed by atoms with Gasteiger partial charge in [-0.1, -0.05) is 6.92 Å². The normalized spacial score (nSPS) is 9.73. The predicted octanol–water partition coefficient (Wildman–Crippen LogP) is -0.709. The molecule has 0 aromatic rings. The smallest absolute Gasteiger partial charge is 0.382 e. The molecule has 0 amide bonds. The molecule has 0 bridgehead atoms. The molecule has 0 fully saturated rings. The molecule has 0 radical (unpaired) electrons. The lowest BCUT2D eigenvalue weighted by Gasteiger charge is -2.11. The van der Waals surface area contributed by atoms with Crippen LogP contribution in [0, 0.1) is 30.3 Å². The Morgan fingerprint density at radius 1 is 1.13 bits per heavy atom. The van der Waals surface area contributed by atoms with E-state index >= 15 is 0 Å². The molecule has 0 rings (SSSR count). The predicted molar refractivity (Wildman–Crippen MR) is 42.9 cm³/mol. The van der Waals surface area contributed by atoms with Crippen molar-refractivity contribution >= 4 is 0 Å². The fraction of sp³-hybridized carbons (Fsp3) is 1.00. The quantitative estimate of drug-likeness (QED) is 0.360. The molecule has 0 atom stereocenters. The van der Waals surface area contributed by atoms with E-state index in [9.17, 15) is 20.2 Å². The molecule has 0 aromatic carbocycles. The van der Waals surface area contributed by atoms with Crippen molar-refractivity contribution in [2.75, 3.05) is 6.61 Å². The van der Waals surface area contributed by atoms with Crippen LogP contribution in [0.2, 0.25) is 0 Å². The highest BCUT2D eigenvalue weighted by Crippen LogP contribution is 2.14. The maximum atomic E-state index is 10.1. The largest absolute Gasteiger partial charge is 0.480 e. The van der Waals surface area contributed by atoms with Crippen LogP contribution in [-0.4, -0.2) is 37.5 Å². The van der Waals surface area contributed by atoms with E-state index in [0.717, 1.165) is 0 Å². The molecule has 0 aliphatic carbocycles. The highest BCUT2D eigenvalue weighted by atomic mass is 16.9. The molecule has 11 heteroatoms. The molecule has 11 nitrogen and oxygen atoms in total. The summed E-state index contributed by atoms with van der Waals surface area (Å²) in [5, 5.41) is 42.3. The third kappa shape index (κ3) is 4.66. The highest BCUT2D eigenvalue weighted by molar-refractivity contribution is 4.61. The van der Waals surface area contributed by atoms with Crippen molar-refractivity contribution in [1.29, 1.82) is 0 Å². The first-order chi connectivity index (χ1) is 6.74. The molecule has 0 aliphatic heterocycles. The number of nitro groups is 2. The molecule has 2 N–H and O–H groups in total. The molecule has 0 saturated heterocycles. The Kier molecular flexibility index (Phi) is 6.60. The summed E-state index contributed by atoms with van der Waals surface area (Å²) in [6.07, 6.45) is -0.330. The summed E-state index contributed by atoms with van der Waals surface area (Å²) in [7, 11) is 0. The van der Waals surface area contributed by atoms with Crippen LogP contribution in [0.25, 0.3) is 0 Å². The average molecular weight is 227 g/mol. The van der Waals surface area contributed by atoms with Gasteiger partial charge in [0.15, 0.2) is 6.61 Å². The second kappa shape index (κ2) is 6.42. The van der Waals surface area contributed by atoms with Crippen molar-refractivity contribution in [3.63, 3.8) is 0 Å². The van der Waals surface area contributed by atoms with Gasteiger partial charge in [-0.3, -0.25) is 20.2 Å². The van der Waals surface area contributed by atoms with Crippen molar-refractivity contribution in [1.82, 2.24) is 0 Å². The molecule has 0 unspecified atom stereocenters. The van der Waals surface area contributed by atoms with Gasteiger partial charge >= 0.3 is 5.66 Å². The van der Waals surface area contributed by atoms with Gasteiger partial charge < -0.3 is 10.3 Å². The SMILES string of the molecule is CCC(CO)([N+](=O)[O-])[N+](=O)[O-].O=[N+]([O-])O. The molecular formula is C4H9N3O8. The second-order valence-electron chi connectivity index (χ2n) is 2.25. The Balaban J connectivity index is 0. The maximum Gasteiger partial charge on any atom is 0.480 e. The van der Waals surface area contributed by atoms with Gasteiger partial charge in [0, 0.05) is 0 Å². The van der Waals surface area contributed by atoms with Crippen molar-refractivity contribution in [3.8, 4) is 0 Å². The number of nitrogens with zero attached hydrogens (tertiary/aromatic N) is 3. The van der Waals surface area contributed by atoms with Crippen LogP contribution in [0.4, 0.5) is 0 Å². The van der Waals surface area contributed by atoms with E-state index in [-0.39, 0.29) is 6.42 Å². The first-order valence-corrected chi connectivity index (χ1v) is 3.47. The van der Waals surface area contributed by atoms with E-state index in [1.165, 1.54) is 6.92 Å². The van der Waals surface area contributed by atoms with Crippen LogP contribution in [-0.2, 0) is 0 Å². The summed E-state index contributed by atoms with van der Waals surface area (Å²) < 4.78 is 0. The van der Waals surface area contributed by atoms with Crippen molar-refractivity contribution in [2.24, 2.45) is 0 Å². The number of rotatable bonds is 4. The summed E-state index contributed by atoms with van der Waals surface area (Å²) in [5.41, 5.74) is -2.42. The third-order valence-electron chi connectivity index (χ3n) is 1.50. The van der Waals surface area contributed by atoms with Gasteiger partial charge in [0.25, 0.3) is 5.09 Å². The van der Waals surface area contributed by atoms with Gasteiger partial charge in [0.05, 0.1) is 6.42 Å². The molecule has 0 heterocycles. The van der Waals surface area contributed by atoms with Crippen LogP contribution in [0.1, 0.15) is 13.3 Å². The lowest BCUT2D eigenvalue weighted by atomic mass is 10.1. The number of hydrogen-bond acceptors (Lipinski definition) is 7. The standard InChI is InChI=1S/C4H8N2O5.HNO3/c1-2-4(3-7,5(8)9)6(10)11;2-1(3)4/h7H,2-3H2,1H3;(H,2,3,4). The lowest BCUT2D eigenvalue weighted by molar-refractivity contribution is -0.799. The second-order valence-corrected chi connectivity index (χ2v) is 2.25. The molecule has 0 aromatic heterocycles. The number of aliphatic hydroxyl groups is 1. The lowest BCUT2D eigenvalue weighted by Crippen LogP contribution is -2.48. The van der Waals surface area contributed by atoms with E-state index in [1.54, 1.807) is 0 Å². The van der Waals surface area contributed by atoms with Crippen LogP contribution >= 0.6 is 0 Å². The van der Waals surface area contributed by atoms with Gasteiger partial charge in [-0.15, -0.1) is 10.1 Å². The van der Waals surface area contributed by atoms with Gasteiger partial charge in [0.2, 0.25) is 0 Å². The molecule has 15 heavy (non-hydrogen) atoms. The van der Waals surface area contributed by atoms with Crippen LogP contribution < -0.4 is 0 Å². The van der Waals surface area contributed by atoms with E-state index in [2.05, 4.69) is 0 Å². The highest BCUT2D eigenvalue weighted by Gasteiger charge is 2.53. The number of hydrogen-bond donors (Lipinski definition) is 2. The van der Waals surface area contributed by atoms with Crippen molar-refractivity contribution < 1.29 is 25.2 Å². The zero-order valence-electron chi connectivity index (χ0n) is 7.60. The minimum absolute atomic E-state index is 0.330. The molecule has 0 spiro atoms. The fourth-order valence-electron chi connectivity index (χ4n) is 0.552. The van der Waals surface area contributed by atoms with Gasteiger partial charge in [0.1, 0.15) is 9.85 Å². The van der Waals surface area contributed by atoms with Crippen molar-refractivity contribution in [3.05, 3.63) is 30.3 Å². The van der Waals surface area contributed by atoms with Gasteiger partial charge in [-0.05, 0) is 0 Å². The minimum atomic E-state index is -2.42. The summed E-state index contributed by atoms with van der Waals surface area (Å²) in [6, 6.07) is 0. The fourth-order valence-corrected chi connectivity index (χ4v) is 0.552. The zero-order valence-corrected chi connectivity index (χ0v) is 7.60. The minimum Gasteiger partial charge on any atom is -0.382 e. The van der Waals surface area contributed by atoms with Crippen molar-refractivity contribution in [2.45, 2.75) is 19.0 Å².